The molecule has 98 valence electrons. The Kier molecular flexibility index (Phi) is 2.66. The molecule has 0 aliphatic rings. The van der Waals surface area contributed by atoms with Crippen molar-refractivity contribution in [1.29, 1.82) is 0 Å². The van der Waals surface area contributed by atoms with E-state index in [2.05, 4.69) is 15.1 Å². The molecule has 0 saturated heterocycles. The molecule has 0 unspecified atom stereocenters. The number of imidazole rings is 1. The Labute approximate surface area is 108 Å². The predicted octanol–water partition coefficient (Wildman–Crippen LogP) is 0.729. The van der Waals surface area contributed by atoms with Crippen LogP contribution < -0.4 is 5.69 Å². The molecule has 0 spiro atoms. The predicted molar refractivity (Wildman–Crippen MR) is 67.8 cm³/mol. The largest absolute Gasteiger partial charge is 0.339 e. The minimum absolute atomic E-state index is 0.120. The first kappa shape index (κ1) is 11.6. The van der Waals surface area contributed by atoms with E-state index in [1.807, 2.05) is 6.92 Å². The van der Waals surface area contributed by atoms with Crippen LogP contribution in [0.5, 0.6) is 0 Å². The first-order chi connectivity index (χ1) is 9.20. The van der Waals surface area contributed by atoms with Crippen LogP contribution in [0, 0.1) is 0 Å². The van der Waals surface area contributed by atoms with Crippen LogP contribution in [0.25, 0.3) is 11.0 Å². The van der Waals surface area contributed by atoms with Crippen LogP contribution >= 0.6 is 0 Å². The highest BCUT2D eigenvalue weighted by molar-refractivity contribution is 5.74. The van der Waals surface area contributed by atoms with Gasteiger partial charge in [0, 0.05) is 19.7 Å². The van der Waals surface area contributed by atoms with Gasteiger partial charge < -0.3 is 4.52 Å². The molecule has 3 heterocycles. The van der Waals surface area contributed by atoms with Crippen molar-refractivity contribution in [2.24, 2.45) is 7.05 Å². The summed E-state index contributed by atoms with van der Waals surface area (Å²) in [6.45, 7) is 2.22. The fourth-order valence-electron chi connectivity index (χ4n) is 2.05. The molecule has 0 bridgehead atoms. The number of fused-ring (bicyclic) bond motifs is 1. The van der Waals surface area contributed by atoms with Gasteiger partial charge in [0.15, 0.2) is 5.82 Å². The van der Waals surface area contributed by atoms with Crippen LogP contribution in [0.3, 0.4) is 0 Å². The highest BCUT2D eigenvalue weighted by Crippen LogP contribution is 2.11. The minimum atomic E-state index is -0.120. The van der Waals surface area contributed by atoms with Crippen LogP contribution in [0.15, 0.2) is 27.8 Å². The maximum absolute atomic E-state index is 12.2. The third-order valence-electron chi connectivity index (χ3n) is 3.06. The van der Waals surface area contributed by atoms with Crippen molar-refractivity contribution >= 4 is 11.0 Å². The van der Waals surface area contributed by atoms with E-state index in [0.717, 1.165) is 11.0 Å². The molecule has 7 nitrogen and oxygen atoms in total. The topological polar surface area (TPSA) is 78.7 Å². The van der Waals surface area contributed by atoms with Crippen LogP contribution in [-0.4, -0.2) is 24.3 Å². The summed E-state index contributed by atoms with van der Waals surface area (Å²) in [7, 11) is 1.73. The molecular formula is C12H13N5O2. The Bertz CT molecular complexity index is 783. The molecule has 3 rings (SSSR count). The van der Waals surface area contributed by atoms with Gasteiger partial charge in [0.25, 0.3) is 0 Å². The van der Waals surface area contributed by atoms with E-state index in [1.54, 1.807) is 34.6 Å². The molecule has 19 heavy (non-hydrogen) atoms. The fraction of sp³-hybridized carbons (Fsp3) is 0.333. The maximum Gasteiger partial charge on any atom is 0.329 e. The quantitative estimate of drug-likeness (QED) is 0.692. The summed E-state index contributed by atoms with van der Waals surface area (Å²) in [5, 5.41) is 3.86. The van der Waals surface area contributed by atoms with Crippen molar-refractivity contribution in [3.8, 4) is 0 Å². The molecule has 3 aromatic heterocycles. The number of rotatable bonds is 3. The second kappa shape index (κ2) is 4.34. The van der Waals surface area contributed by atoms with Crippen molar-refractivity contribution in [2.75, 3.05) is 0 Å². The lowest BCUT2D eigenvalue weighted by atomic mass is 10.4. The van der Waals surface area contributed by atoms with Crippen molar-refractivity contribution in [2.45, 2.75) is 19.9 Å². The maximum atomic E-state index is 12.2. The van der Waals surface area contributed by atoms with Crippen molar-refractivity contribution in [1.82, 2.24) is 24.3 Å². The molecule has 7 heteroatoms. The first-order valence-corrected chi connectivity index (χ1v) is 6.01. The number of hydrogen-bond donors (Lipinski definition) is 0. The van der Waals surface area contributed by atoms with Crippen LogP contribution in [0.2, 0.25) is 0 Å². The summed E-state index contributed by atoms with van der Waals surface area (Å²) >= 11 is 0. The molecule has 0 amide bonds. The lowest BCUT2D eigenvalue weighted by Gasteiger charge is -1.97. The Morgan fingerprint density at radius 3 is 2.95 bits per heavy atom. The number of hydrogen-bond acceptors (Lipinski definition) is 5. The zero-order valence-electron chi connectivity index (χ0n) is 10.7. The molecule has 0 fully saturated rings. The van der Waals surface area contributed by atoms with Crippen molar-refractivity contribution in [3.63, 3.8) is 0 Å². The van der Waals surface area contributed by atoms with Gasteiger partial charge in [0.2, 0.25) is 5.89 Å². The van der Waals surface area contributed by atoms with Gasteiger partial charge in [-0.25, -0.2) is 4.79 Å². The molecular weight excluding hydrogens is 246 g/mol. The second-order valence-corrected chi connectivity index (χ2v) is 4.25. The number of aromatic nitrogens is 5. The summed E-state index contributed by atoms with van der Waals surface area (Å²) in [6.07, 6.45) is 4.01. The zero-order valence-corrected chi connectivity index (χ0v) is 10.7. The third kappa shape index (κ3) is 1.83. The van der Waals surface area contributed by atoms with Gasteiger partial charge in [-0.2, -0.15) is 4.98 Å². The fourth-order valence-corrected chi connectivity index (χ4v) is 2.05. The molecule has 0 radical (unpaired) electrons. The van der Waals surface area contributed by atoms with Gasteiger partial charge in [0.05, 0.1) is 23.8 Å². The SMILES string of the molecule is CCc1nc(Cn2c(=O)n(C)c3ccncc32)no1. The monoisotopic (exact) mass is 259 g/mol. The van der Waals surface area contributed by atoms with Gasteiger partial charge >= 0.3 is 5.69 Å². The number of nitrogens with zero attached hydrogens (tertiary/aromatic N) is 5. The van der Waals surface area contributed by atoms with Gasteiger partial charge in [-0.1, -0.05) is 12.1 Å². The minimum Gasteiger partial charge on any atom is -0.339 e. The van der Waals surface area contributed by atoms with E-state index >= 15 is 0 Å². The smallest absolute Gasteiger partial charge is 0.329 e. The molecule has 0 aromatic carbocycles. The van der Waals surface area contributed by atoms with E-state index in [-0.39, 0.29) is 12.2 Å². The summed E-state index contributed by atoms with van der Waals surface area (Å²) < 4.78 is 8.22. The van der Waals surface area contributed by atoms with Crippen LogP contribution in [0.1, 0.15) is 18.6 Å². The van der Waals surface area contributed by atoms with Crippen LogP contribution in [0.4, 0.5) is 0 Å². The second-order valence-electron chi connectivity index (χ2n) is 4.25. The molecule has 0 N–H and O–H groups in total. The van der Waals surface area contributed by atoms with Gasteiger partial charge in [-0.3, -0.25) is 14.1 Å². The highest BCUT2D eigenvalue weighted by Gasteiger charge is 2.13. The van der Waals surface area contributed by atoms with E-state index in [0.29, 0.717) is 18.1 Å². The summed E-state index contributed by atoms with van der Waals surface area (Å²) in [4.78, 5) is 20.4. The van der Waals surface area contributed by atoms with Crippen molar-refractivity contribution in [3.05, 3.63) is 40.7 Å². The molecule has 0 aliphatic carbocycles. The number of pyridine rings is 1. The van der Waals surface area contributed by atoms with Crippen LogP contribution in [-0.2, 0) is 20.0 Å². The Morgan fingerprint density at radius 2 is 2.21 bits per heavy atom. The van der Waals surface area contributed by atoms with Gasteiger partial charge in [0.1, 0.15) is 0 Å². The highest BCUT2D eigenvalue weighted by atomic mass is 16.5. The summed E-state index contributed by atoms with van der Waals surface area (Å²) in [5.41, 5.74) is 1.47. The third-order valence-corrected chi connectivity index (χ3v) is 3.06. The molecule has 0 aliphatic heterocycles. The summed E-state index contributed by atoms with van der Waals surface area (Å²) in [5.74, 6) is 1.07. The zero-order chi connectivity index (χ0) is 13.4. The molecule has 0 atom stereocenters. The van der Waals surface area contributed by atoms with Gasteiger partial charge in [-0.15, -0.1) is 0 Å². The normalized spacial score (nSPS) is 11.3. The lowest BCUT2D eigenvalue weighted by molar-refractivity contribution is 0.375. The standard InChI is InChI=1S/C12H13N5O2/c1-3-11-14-10(15-19-11)7-17-9-6-13-5-4-8(9)16(2)12(17)18/h4-6H,3,7H2,1-2H3. The summed E-state index contributed by atoms with van der Waals surface area (Å²) in [6, 6.07) is 1.81. The van der Waals surface area contributed by atoms with E-state index in [9.17, 15) is 4.79 Å². The first-order valence-electron chi connectivity index (χ1n) is 6.01. The number of aryl methyl sites for hydroxylation is 2. The van der Waals surface area contributed by atoms with E-state index < -0.39 is 0 Å². The van der Waals surface area contributed by atoms with Gasteiger partial charge in [-0.05, 0) is 6.07 Å². The Hall–Kier alpha value is -2.44. The van der Waals surface area contributed by atoms with Crippen molar-refractivity contribution < 1.29 is 4.52 Å². The molecule has 0 saturated carbocycles. The Morgan fingerprint density at radius 1 is 1.37 bits per heavy atom. The molecule has 3 aromatic rings. The Balaban J connectivity index is 2.10. The lowest BCUT2D eigenvalue weighted by Crippen LogP contribution is -2.23. The van der Waals surface area contributed by atoms with E-state index in [1.165, 1.54) is 0 Å². The van der Waals surface area contributed by atoms with E-state index in [4.69, 9.17) is 4.52 Å². The average Bonchev–Trinajstić information content (AvgIpc) is 2.99. The average molecular weight is 259 g/mol.